The molecule has 1 aliphatic rings. The first-order valence-electron chi connectivity index (χ1n) is 5.86. The van der Waals surface area contributed by atoms with E-state index in [0.717, 1.165) is 32.2 Å². The number of hydrogen-bond acceptors (Lipinski definition) is 2. The van der Waals surface area contributed by atoms with Crippen molar-refractivity contribution in [3.05, 3.63) is 0 Å². The van der Waals surface area contributed by atoms with E-state index in [4.69, 9.17) is 0 Å². The lowest BCUT2D eigenvalue weighted by Crippen LogP contribution is -2.62. The van der Waals surface area contributed by atoms with Crippen molar-refractivity contribution in [1.29, 1.82) is 0 Å². The minimum absolute atomic E-state index is 0.542. The van der Waals surface area contributed by atoms with E-state index >= 15 is 0 Å². The fourth-order valence-corrected chi connectivity index (χ4v) is 5.53. The molecular weight excluding hydrogens is 206 g/mol. The molecule has 1 aliphatic carbocycles. The van der Waals surface area contributed by atoms with Gasteiger partial charge >= 0.3 is 5.97 Å². The van der Waals surface area contributed by atoms with Crippen LogP contribution in [0.25, 0.3) is 0 Å². The predicted molar refractivity (Wildman–Crippen MR) is 64.6 cm³/mol. The molecule has 0 aliphatic heterocycles. The van der Waals surface area contributed by atoms with Crippen LogP contribution in [0.4, 0.5) is 0 Å². The van der Waals surface area contributed by atoms with Crippen LogP contribution < -0.4 is 0 Å². The molecule has 0 atom stereocenters. The van der Waals surface area contributed by atoms with Crippen LogP contribution in [-0.2, 0) is 4.79 Å². The minimum atomic E-state index is -1.53. The van der Waals surface area contributed by atoms with Gasteiger partial charge in [-0.15, -0.1) is 0 Å². The van der Waals surface area contributed by atoms with Crippen molar-refractivity contribution in [2.24, 2.45) is 0 Å². The van der Waals surface area contributed by atoms with Gasteiger partial charge in [0.2, 0.25) is 0 Å². The molecule has 0 bridgehead atoms. The second kappa shape index (κ2) is 4.26. The first-order valence-corrected chi connectivity index (χ1v) is 9.30. The van der Waals surface area contributed by atoms with Crippen molar-refractivity contribution in [2.45, 2.75) is 57.8 Å². The maximum atomic E-state index is 11.6. The molecule has 4 heteroatoms. The maximum Gasteiger partial charge on any atom is 0.323 e. The van der Waals surface area contributed by atoms with Crippen LogP contribution in [0, 0.1) is 0 Å². The molecule has 1 rings (SSSR count). The average molecular weight is 229 g/mol. The third-order valence-electron chi connectivity index (χ3n) is 3.47. The molecule has 0 aromatic carbocycles. The number of aliphatic carboxylic acids is 1. The molecule has 0 aromatic rings. The smallest absolute Gasteiger partial charge is 0.323 e. The zero-order valence-corrected chi connectivity index (χ0v) is 11.3. The third kappa shape index (κ3) is 2.26. The molecule has 1 saturated carbocycles. The molecule has 0 unspecified atom stereocenters. The van der Waals surface area contributed by atoms with Gasteiger partial charge in [0.25, 0.3) is 0 Å². The standard InChI is InChI=1S/C11H23NO2Si/c1-5-12(15(2,3)4)11(10(13)14)8-6-7-9-11/h5-9H2,1-4H3,(H,13,14). The number of carboxylic acids is 1. The van der Waals surface area contributed by atoms with Crippen LogP contribution in [0.3, 0.4) is 0 Å². The lowest BCUT2D eigenvalue weighted by atomic mass is 9.98. The Hall–Kier alpha value is -0.353. The monoisotopic (exact) mass is 229 g/mol. The van der Waals surface area contributed by atoms with Crippen LogP contribution in [0.15, 0.2) is 0 Å². The molecule has 88 valence electrons. The number of carbonyl (C=O) groups is 1. The zero-order chi connectivity index (χ0) is 11.7. The zero-order valence-electron chi connectivity index (χ0n) is 10.3. The Kier molecular flexibility index (Phi) is 3.61. The Morgan fingerprint density at radius 2 is 1.80 bits per heavy atom. The summed E-state index contributed by atoms with van der Waals surface area (Å²) in [7, 11) is -1.53. The fourth-order valence-electron chi connectivity index (χ4n) is 2.98. The fraction of sp³-hybridized carbons (Fsp3) is 0.909. The average Bonchev–Trinajstić information content (AvgIpc) is 2.52. The summed E-state index contributed by atoms with van der Waals surface area (Å²) in [5.41, 5.74) is -0.542. The quantitative estimate of drug-likeness (QED) is 0.753. The van der Waals surface area contributed by atoms with Crippen molar-refractivity contribution in [1.82, 2.24) is 4.57 Å². The second-order valence-electron chi connectivity index (χ2n) is 5.46. The van der Waals surface area contributed by atoms with Crippen molar-refractivity contribution >= 4 is 14.2 Å². The van der Waals surface area contributed by atoms with Gasteiger partial charge in [0.05, 0.1) is 0 Å². The van der Waals surface area contributed by atoms with Gasteiger partial charge in [0.1, 0.15) is 13.8 Å². The van der Waals surface area contributed by atoms with Crippen LogP contribution in [0.2, 0.25) is 19.6 Å². The molecule has 0 heterocycles. The van der Waals surface area contributed by atoms with Gasteiger partial charge in [0, 0.05) is 0 Å². The lowest BCUT2D eigenvalue weighted by molar-refractivity contribution is -0.148. The number of rotatable bonds is 4. The normalized spacial score (nSPS) is 20.9. The highest BCUT2D eigenvalue weighted by Crippen LogP contribution is 2.38. The number of nitrogens with zero attached hydrogens (tertiary/aromatic N) is 1. The summed E-state index contributed by atoms with van der Waals surface area (Å²) in [5, 5.41) is 9.51. The molecule has 0 spiro atoms. The van der Waals surface area contributed by atoms with Gasteiger partial charge in [0.15, 0.2) is 0 Å². The summed E-state index contributed by atoms with van der Waals surface area (Å²) < 4.78 is 2.29. The molecule has 0 radical (unpaired) electrons. The molecule has 0 amide bonds. The van der Waals surface area contributed by atoms with Gasteiger partial charge in [-0.2, -0.15) is 0 Å². The van der Waals surface area contributed by atoms with Crippen LogP contribution >= 0.6 is 0 Å². The Labute approximate surface area is 93.6 Å². The summed E-state index contributed by atoms with van der Waals surface area (Å²) in [6, 6.07) is 0. The van der Waals surface area contributed by atoms with E-state index in [2.05, 4.69) is 31.1 Å². The molecule has 1 fully saturated rings. The van der Waals surface area contributed by atoms with Crippen LogP contribution in [0.1, 0.15) is 32.6 Å². The van der Waals surface area contributed by atoms with E-state index < -0.39 is 19.7 Å². The molecule has 1 N–H and O–H groups in total. The summed E-state index contributed by atoms with van der Waals surface area (Å²) in [6.07, 6.45) is 3.79. The van der Waals surface area contributed by atoms with Gasteiger partial charge in [-0.3, -0.25) is 4.79 Å². The van der Waals surface area contributed by atoms with Gasteiger partial charge in [-0.25, -0.2) is 0 Å². The van der Waals surface area contributed by atoms with Crippen LogP contribution in [-0.4, -0.2) is 36.0 Å². The summed E-state index contributed by atoms with van der Waals surface area (Å²) in [4.78, 5) is 11.6. The third-order valence-corrected chi connectivity index (χ3v) is 5.84. The van der Waals surface area contributed by atoms with Gasteiger partial charge < -0.3 is 9.67 Å². The maximum absolute atomic E-state index is 11.6. The number of likely N-dealkylation sites (N-methyl/N-ethyl adjacent to an activating group) is 1. The number of hydrogen-bond donors (Lipinski definition) is 1. The topological polar surface area (TPSA) is 40.5 Å². The second-order valence-corrected chi connectivity index (χ2v) is 10.3. The first kappa shape index (κ1) is 12.7. The van der Waals surface area contributed by atoms with Gasteiger partial charge in [-0.1, -0.05) is 39.4 Å². The highest BCUT2D eigenvalue weighted by atomic mass is 28.3. The van der Waals surface area contributed by atoms with Gasteiger partial charge in [-0.05, 0) is 19.4 Å². The SMILES string of the molecule is CCN(C1(C(=O)O)CCCC1)[Si](C)(C)C. The first-order chi connectivity index (χ1) is 6.84. The van der Waals surface area contributed by atoms with Crippen molar-refractivity contribution in [2.75, 3.05) is 6.54 Å². The summed E-state index contributed by atoms with van der Waals surface area (Å²) >= 11 is 0. The molecule has 3 nitrogen and oxygen atoms in total. The van der Waals surface area contributed by atoms with E-state index in [1.807, 2.05) is 0 Å². The largest absolute Gasteiger partial charge is 0.480 e. The Morgan fingerprint density at radius 3 is 2.07 bits per heavy atom. The highest BCUT2D eigenvalue weighted by Gasteiger charge is 2.49. The summed E-state index contributed by atoms with van der Waals surface area (Å²) in [5.74, 6) is -0.607. The van der Waals surface area contributed by atoms with E-state index in [1.54, 1.807) is 0 Å². The minimum Gasteiger partial charge on any atom is -0.480 e. The Morgan fingerprint density at radius 1 is 1.33 bits per heavy atom. The van der Waals surface area contributed by atoms with Crippen molar-refractivity contribution < 1.29 is 9.90 Å². The molecule has 0 saturated heterocycles. The van der Waals surface area contributed by atoms with Crippen molar-refractivity contribution in [3.63, 3.8) is 0 Å². The Bertz CT molecular complexity index is 241. The predicted octanol–water partition coefficient (Wildman–Crippen LogP) is 2.54. The molecule has 0 aromatic heterocycles. The highest BCUT2D eigenvalue weighted by molar-refractivity contribution is 6.73. The molecular formula is C11H23NO2Si. The van der Waals surface area contributed by atoms with E-state index in [-0.39, 0.29) is 0 Å². The van der Waals surface area contributed by atoms with E-state index in [0.29, 0.717) is 0 Å². The van der Waals surface area contributed by atoms with Crippen molar-refractivity contribution in [3.8, 4) is 0 Å². The number of carboxylic acid groups (broad SMARTS) is 1. The summed E-state index contributed by atoms with van der Waals surface area (Å²) in [6.45, 7) is 9.65. The molecule has 15 heavy (non-hydrogen) atoms. The lowest BCUT2D eigenvalue weighted by Gasteiger charge is -2.45. The van der Waals surface area contributed by atoms with Crippen LogP contribution in [0.5, 0.6) is 0 Å². The van der Waals surface area contributed by atoms with E-state index in [9.17, 15) is 9.90 Å². The Balaban J connectivity index is 3.02. The van der Waals surface area contributed by atoms with E-state index in [1.165, 1.54) is 0 Å².